The molecule has 0 saturated heterocycles. The third-order valence-corrected chi connectivity index (χ3v) is 11.5. The topological polar surface area (TPSA) is 281 Å². The summed E-state index contributed by atoms with van der Waals surface area (Å²) in [4.78, 5) is 101. The molecule has 2 aromatic carbocycles. The molecular weight excluding hydrogens is 907 g/mol. The Morgan fingerprint density at radius 2 is 1.48 bits per heavy atom. The van der Waals surface area contributed by atoms with Gasteiger partial charge in [-0.15, -0.1) is 0 Å². The van der Waals surface area contributed by atoms with E-state index < -0.39 is 41.9 Å². The number of benzene rings is 2. The average Bonchev–Trinajstić information content (AvgIpc) is 3.50. The highest BCUT2D eigenvalue weighted by Gasteiger charge is 2.29. The van der Waals surface area contributed by atoms with E-state index in [0.717, 1.165) is 44.9 Å². The van der Waals surface area contributed by atoms with Crippen LogP contribution in [0.2, 0.25) is 0 Å². The lowest BCUT2D eigenvalue weighted by Gasteiger charge is -2.25. The molecule has 3 aromatic rings. The van der Waals surface area contributed by atoms with Crippen LogP contribution >= 0.6 is 0 Å². The average molecular weight is 980 g/mol. The Kier molecular flexibility index (Phi) is 23.0. The van der Waals surface area contributed by atoms with Gasteiger partial charge in [0.2, 0.25) is 23.6 Å². The highest BCUT2D eigenvalue weighted by molar-refractivity contribution is 6.08. The number of carbonyl (C=O) groups excluding carboxylic acids is 7. The number of amidine groups is 1. The van der Waals surface area contributed by atoms with Crippen LogP contribution in [0.25, 0.3) is 6.08 Å². The zero-order chi connectivity index (χ0) is 51.9. The normalized spacial score (nSPS) is 12.8. The van der Waals surface area contributed by atoms with Crippen LogP contribution in [-0.4, -0.2) is 89.1 Å². The Labute approximate surface area is 417 Å². The number of carbonyl (C=O) groups is 7. The lowest BCUT2D eigenvalue weighted by Crippen LogP contribution is -2.54. The van der Waals surface area contributed by atoms with E-state index in [1.807, 2.05) is 32.6 Å². The first-order valence-electron chi connectivity index (χ1n) is 24.7. The quantitative estimate of drug-likeness (QED) is 0.0348. The van der Waals surface area contributed by atoms with E-state index in [1.54, 1.807) is 54.6 Å². The summed E-state index contributed by atoms with van der Waals surface area (Å²) < 4.78 is 5.38. The lowest BCUT2D eigenvalue weighted by atomic mass is 10.0. The minimum Gasteiger partial charge on any atom is -0.444 e. The van der Waals surface area contributed by atoms with Crippen molar-refractivity contribution in [3.8, 4) is 0 Å². The van der Waals surface area contributed by atoms with Crippen molar-refractivity contribution in [1.82, 2.24) is 25.8 Å². The van der Waals surface area contributed by atoms with Crippen molar-refractivity contribution in [2.45, 2.75) is 131 Å². The number of amides is 8. The van der Waals surface area contributed by atoms with E-state index in [1.165, 1.54) is 12.3 Å². The van der Waals surface area contributed by atoms with Gasteiger partial charge in [-0.2, -0.15) is 0 Å². The van der Waals surface area contributed by atoms with Crippen molar-refractivity contribution in [1.29, 1.82) is 0 Å². The number of nitrogens with one attached hydrogen (secondary N) is 6. The van der Waals surface area contributed by atoms with Gasteiger partial charge in [0.15, 0.2) is 0 Å². The van der Waals surface area contributed by atoms with Gasteiger partial charge in [-0.3, -0.25) is 29.3 Å². The summed E-state index contributed by atoms with van der Waals surface area (Å²) in [6.45, 7) is 13.4. The second-order valence-electron chi connectivity index (χ2n) is 18.4. The van der Waals surface area contributed by atoms with Gasteiger partial charge in [0.1, 0.15) is 30.3 Å². The van der Waals surface area contributed by atoms with Crippen LogP contribution in [0.1, 0.15) is 134 Å². The SMILES string of the molecule is CCCN(CCC)C(=O)C1=Cc2ccc(C(=O)Nc3ccc(NC(=O)OCc4ccc(NC(=O)[C@H](CCCNC(N)=O)NC(=O)[C@@H](NC(=O)CCCCCCC(C)C)C(C)C)cc4)nc3)cc2N=C(N)C1. The molecule has 0 aliphatic carbocycles. The molecule has 1 aliphatic heterocycles. The van der Waals surface area contributed by atoms with Gasteiger partial charge in [-0.25, -0.2) is 19.6 Å². The molecule has 0 unspecified atom stereocenters. The zero-order valence-corrected chi connectivity index (χ0v) is 42.0. The Balaban J connectivity index is 1.28. The fourth-order valence-electron chi connectivity index (χ4n) is 7.70. The number of ether oxygens (including phenoxy) is 1. The number of pyridine rings is 1. The summed E-state index contributed by atoms with van der Waals surface area (Å²) in [6.07, 6.45) is 10.0. The third kappa shape index (κ3) is 19.5. The smallest absolute Gasteiger partial charge is 0.413 e. The minimum atomic E-state index is -1.00. The molecule has 2 heterocycles. The largest absolute Gasteiger partial charge is 0.444 e. The van der Waals surface area contributed by atoms with Gasteiger partial charge in [0, 0.05) is 54.9 Å². The number of primary amides is 1. The maximum absolute atomic E-state index is 13.6. The summed E-state index contributed by atoms with van der Waals surface area (Å²) in [5.74, 6) is -0.907. The molecule has 8 amide bonds. The Morgan fingerprint density at radius 1 is 0.775 bits per heavy atom. The molecule has 19 heteroatoms. The number of urea groups is 1. The van der Waals surface area contributed by atoms with Crippen LogP contribution in [0.5, 0.6) is 0 Å². The second-order valence-corrected chi connectivity index (χ2v) is 18.4. The fourth-order valence-corrected chi connectivity index (χ4v) is 7.70. The summed E-state index contributed by atoms with van der Waals surface area (Å²) >= 11 is 0. The van der Waals surface area contributed by atoms with E-state index in [-0.39, 0.29) is 55.4 Å². The molecule has 10 N–H and O–H groups in total. The summed E-state index contributed by atoms with van der Waals surface area (Å²) in [5, 5.41) is 16.3. The molecular formula is C52H73N11O8. The Hall–Kier alpha value is -7.31. The number of nitrogens with zero attached hydrogens (tertiary/aromatic N) is 3. The Bertz CT molecular complexity index is 2340. The molecule has 4 rings (SSSR count). The van der Waals surface area contributed by atoms with Gasteiger partial charge in [-0.1, -0.05) is 85.4 Å². The maximum atomic E-state index is 13.6. The molecule has 19 nitrogen and oxygen atoms in total. The zero-order valence-electron chi connectivity index (χ0n) is 42.0. The second kappa shape index (κ2) is 29.0. The number of aliphatic imine (C=N–C) groups is 1. The number of fused-ring (bicyclic) bond motifs is 1. The lowest BCUT2D eigenvalue weighted by molar-refractivity contribution is -0.132. The standard InChI is InChI=1S/C52H73N11O8/c1-7-26-63(27-8-2)50(68)38-28-36-19-20-37(29-42(36)59-43(53)30-38)47(65)58-40-23-24-44(56-31-40)61-52(70)71-32-35-17-21-39(22-18-35)57-48(66)41(15-13-25-55-51(54)69)60-49(67)46(34(5)6)62-45(64)16-12-10-9-11-14-33(3)4/h17-24,28-29,31,33-34,41,46H,7-16,25-27,30,32H2,1-6H3,(H2,53,59)(H,57,66)(H,58,65)(H,60,67)(H,62,64)(H3,54,55,69)(H,56,61,70)/t41-,46-/m0/s1. The number of aromatic nitrogens is 1. The van der Waals surface area contributed by atoms with E-state index >= 15 is 0 Å². The van der Waals surface area contributed by atoms with Gasteiger partial charge in [0.25, 0.3) is 5.91 Å². The molecule has 1 aromatic heterocycles. The molecule has 384 valence electrons. The highest BCUT2D eigenvalue weighted by Crippen LogP contribution is 2.29. The van der Waals surface area contributed by atoms with Gasteiger partial charge >= 0.3 is 12.1 Å². The molecule has 0 fully saturated rings. The van der Waals surface area contributed by atoms with Crippen molar-refractivity contribution in [3.05, 3.63) is 83.1 Å². The van der Waals surface area contributed by atoms with Crippen molar-refractivity contribution < 1.29 is 38.3 Å². The first-order chi connectivity index (χ1) is 34.0. The summed E-state index contributed by atoms with van der Waals surface area (Å²) in [7, 11) is 0. The first kappa shape index (κ1) is 56.3. The molecule has 71 heavy (non-hydrogen) atoms. The molecule has 0 saturated carbocycles. The third-order valence-electron chi connectivity index (χ3n) is 11.5. The van der Waals surface area contributed by atoms with Crippen LogP contribution < -0.4 is 43.4 Å². The van der Waals surface area contributed by atoms with E-state index in [0.29, 0.717) is 71.2 Å². The van der Waals surface area contributed by atoms with Crippen LogP contribution in [0.4, 0.5) is 32.5 Å². The minimum absolute atomic E-state index is 0.0783. The maximum Gasteiger partial charge on any atom is 0.413 e. The van der Waals surface area contributed by atoms with E-state index in [2.05, 4.69) is 55.7 Å². The molecule has 2 atom stereocenters. The van der Waals surface area contributed by atoms with Gasteiger partial charge < -0.3 is 47.7 Å². The molecule has 0 spiro atoms. The number of anilines is 3. The highest BCUT2D eigenvalue weighted by atomic mass is 16.5. The monoisotopic (exact) mass is 980 g/mol. The van der Waals surface area contributed by atoms with Crippen molar-refractivity contribution in [2.24, 2.45) is 28.3 Å². The Morgan fingerprint density at radius 3 is 2.13 bits per heavy atom. The number of hydrogen-bond acceptors (Lipinski definition) is 11. The predicted molar refractivity (Wildman–Crippen MR) is 277 cm³/mol. The van der Waals surface area contributed by atoms with Crippen LogP contribution in [0.15, 0.2) is 71.4 Å². The predicted octanol–water partition coefficient (Wildman–Crippen LogP) is 7.52. The molecule has 0 bridgehead atoms. The van der Waals surface area contributed by atoms with E-state index in [4.69, 9.17) is 16.2 Å². The van der Waals surface area contributed by atoms with Gasteiger partial charge in [0.05, 0.1) is 17.6 Å². The number of nitrogens with two attached hydrogens (primary N) is 2. The van der Waals surface area contributed by atoms with Crippen molar-refractivity contribution in [3.63, 3.8) is 0 Å². The number of unbranched alkanes of at least 4 members (excludes halogenated alkanes) is 3. The van der Waals surface area contributed by atoms with Gasteiger partial charge in [-0.05, 0) is 92.0 Å². The van der Waals surface area contributed by atoms with E-state index in [9.17, 15) is 33.6 Å². The van der Waals surface area contributed by atoms with Crippen LogP contribution in [0.3, 0.4) is 0 Å². The fraction of sp³-hybridized carbons (Fsp3) is 0.481. The van der Waals surface area contributed by atoms with Crippen LogP contribution in [-0.2, 0) is 30.5 Å². The summed E-state index contributed by atoms with van der Waals surface area (Å²) in [5.41, 5.74) is 14.8. The number of hydrogen-bond donors (Lipinski definition) is 8. The van der Waals surface area contributed by atoms with Crippen molar-refractivity contribution >= 4 is 76.5 Å². The molecule has 1 aliphatic rings. The number of rotatable bonds is 27. The van der Waals surface area contributed by atoms with Crippen LogP contribution in [0, 0.1) is 11.8 Å². The molecule has 0 radical (unpaired) electrons. The van der Waals surface area contributed by atoms with Crippen molar-refractivity contribution in [2.75, 3.05) is 35.6 Å². The first-order valence-corrected chi connectivity index (χ1v) is 24.7. The summed E-state index contributed by atoms with van der Waals surface area (Å²) in [6, 6.07) is 12.0.